The van der Waals surface area contributed by atoms with Crippen LogP contribution in [0.5, 0.6) is 0 Å². The average Bonchev–Trinajstić information content (AvgIpc) is 3.15. The summed E-state index contributed by atoms with van der Waals surface area (Å²) in [6.07, 6.45) is 3.16. The molecule has 0 radical (unpaired) electrons. The molecular weight excluding hydrogens is 306 g/mol. The highest BCUT2D eigenvalue weighted by atomic mass is 32.1. The molecule has 8 heteroatoms. The molecule has 0 fully saturated rings. The van der Waals surface area contributed by atoms with Crippen LogP contribution in [0.4, 0.5) is 9.93 Å². The molecule has 3 rings (SSSR count). The minimum Gasteiger partial charge on any atom is -0.472 e. The van der Waals surface area contributed by atoms with Crippen LogP contribution in [0.3, 0.4) is 0 Å². The Morgan fingerprint density at radius 1 is 1.27 bits per heavy atom. The van der Waals surface area contributed by atoms with Crippen molar-refractivity contribution in [3.8, 4) is 11.3 Å². The molecule has 0 atom stereocenters. The highest BCUT2D eigenvalue weighted by molar-refractivity contribution is 7.18. The number of carbonyl (C=O) groups excluding carboxylic acids is 1. The van der Waals surface area contributed by atoms with Gasteiger partial charge in [0.1, 0.15) is 10.6 Å². The fourth-order valence-corrected chi connectivity index (χ4v) is 2.75. The number of amides is 1. The van der Waals surface area contributed by atoms with Crippen molar-refractivity contribution < 1.29 is 19.1 Å². The Kier molecular flexibility index (Phi) is 3.67. The molecule has 0 saturated heterocycles. The summed E-state index contributed by atoms with van der Waals surface area (Å²) in [7, 11) is 0. The van der Waals surface area contributed by atoms with Gasteiger partial charge in [-0.3, -0.25) is 15.1 Å². The van der Waals surface area contributed by atoms with Crippen molar-refractivity contribution in [3.05, 3.63) is 53.6 Å². The fourth-order valence-electron chi connectivity index (χ4n) is 1.83. The standard InChI is InChI=1S/C14H9N3O4S/c18-11(9-3-1-2-5-15-9)12-10(8-4-6-21-7-8)16-13(22-12)17-14(19)20/h1-7H,(H,16,17)(H,19,20). The molecule has 110 valence electrons. The van der Waals surface area contributed by atoms with Crippen LogP contribution < -0.4 is 5.32 Å². The van der Waals surface area contributed by atoms with E-state index in [4.69, 9.17) is 9.52 Å². The van der Waals surface area contributed by atoms with E-state index in [1.807, 2.05) is 0 Å². The van der Waals surface area contributed by atoms with Gasteiger partial charge in [0, 0.05) is 11.8 Å². The van der Waals surface area contributed by atoms with Crippen molar-refractivity contribution in [2.75, 3.05) is 5.32 Å². The minimum absolute atomic E-state index is 0.114. The maximum Gasteiger partial charge on any atom is 0.410 e. The van der Waals surface area contributed by atoms with Crippen molar-refractivity contribution in [1.82, 2.24) is 9.97 Å². The van der Waals surface area contributed by atoms with Crippen LogP contribution in [0.2, 0.25) is 0 Å². The number of aromatic nitrogens is 2. The molecule has 2 N–H and O–H groups in total. The zero-order valence-corrected chi connectivity index (χ0v) is 11.8. The maximum atomic E-state index is 12.6. The summed E-state index contributed by atoms with van der Waals surface area (Å²) in [6, 6.07) is 6.65. The maximum absolute atomic E-state index is 12.6. The summed E-state index contributed by atoms with van der Waals surface area (Å²) in [5, 5.41) is 11.1. The number of furan rings is 1. The van der Waals surface area contributed by atoms with Gasteiger partial charge in [0.25, 0.3) is 0 Å². The lowest BCUT2D eigenvalue weighted by molar-refractivity contribution is 0.103. The first kappa shape index (κ1) is 14.0. The molecule has 7 nitrogen and oxygen atoms in total. The van der Waals surface area contributed by atoms with Crippen molar-refractivity contribution in [3.63, 3.8) is 0 Å². The van der Waals surface area contributed by atoms with Crippen LogP contribution >= 0.6 is 11.3 Å². The Bertz CT molecular complexity index is 812. The van der Waals surface area contributed by atoms with Gasteiger partial charge in [-0.2, -0.15) is 0 Å². The van der Waals surface area contributed by atoms with Crippen molar-refractivity contribution in [1.29, 1.82) is 0 Å². The molecule has 3 aromatic rings. The number of nitrogens with zero attached hydrogens (tertiary/aromatic N) is 2. The molecule has 0 unspecified atom stereocenters. The van der Waals surface area contributed by atoms with E-state index in [0.717, 1.165) is 11.3 Å². The van der Waals surface area contributed by atoms with E-state index in [9.17, 15) is 9.59 Å². The largest absolute Gasteiger partial charge is 0.472 e. The quantitative estimate of drug-likeness (QED) is 0.717. The topological polar surface area (TPSA) is 105 Å². The van der Waals surface area contributed by atoms with Crippen molar-refractivity contribution >= 4 is 28.3 Å². The van der Waals surface area contributed by atoms with Crippen LogP contribution in [0.25, 0.3) is 11.3 Å². The first-order valence-corrected chi connectivity index (χ1v) is 6.96. The van der Waals surface area contributed by atoms with E-state index in [2.05, 4.69) is 15.3 Å². The summed E-state index contributed by atoms with van der Waals surface area (Å²) in [5.41, 5.74) is 1.21. The molecule has 0 saturated carbocycles. The third-order valence-electron chi connectivity index (χ3n) is 2.74. The second-order valence-corrected chi connectivity index (χ2v) is 5.18. The summed E-state index contributed by atoms with van der Waals surface area (Å²) in [5.74, 6) is -0.326. The zero-order valence-electron chi connectivity index (χ0n) is 11.0. The third kappa shape index (κ3) is 2.72. The van der Waals surface area contributed by atoms with Gasteiger partial charge in [-0.05, 0) is 18.2 Å². The normalized spacial score (nSPS) is 10.4. The predicted molar refractivity (Wildman–Crippen MR) is 79.1 cm³/mol. The Labute approximate surface area is 128 Å². The van der Waals surface area contributed by atoms with Gasteiger partial charge in [0.15, 0.2) is 5.13 Å². The van der Waals surface area contributed by atoms with Gasteiger partial charge in [-0.15, -0.1) is 0 Å². The van der Waals surface area contributed by atoms with Gasteiger partial charge in [-0.1, -0.05) is 17.4 Å². The molecule has 3 heterocycles. The Morgan fingerprint density at radius 2 is 2.14 bits per heavy atom. The second kappa shape index (κ2) is 5.78. The number of ketones is 1. The van der Waals surface area contributed by atoms with E-state index < -0.39 is 6.09 Å². The third-order valence-corrected chi connectivity index (χ3v) is 3.71. The average molecular weight is 315 g/mol. The number of hydrogen-bond donors (Lipinski definition) is 2. The number of rotatable bonds is 4. The fraction of sp³-hybridized carbons (Fsp3) is 0. The highest BCUT2D eigenvalue weighted by Gasteiger charge is 2.22. The SMILES string of the molecule is O=C(O)Nc1nc(-c2ccoc2)c(C(=O)c2ccccn2)s1. The first-order chi connectivity index (χ1) is 10.6. The van der Waals surface area contributed by atoms with Crippen LogP contribution in [-0.2, 0) is 0 Å². The Morgan fingerprint density at radius 3 is 2.77 bits per heavy atom. The van der Waals surface area contributed by atoms with Gasteiger partial charge in [0.2, 0.25) is 5.78 Å². The molecule has 0 aliphatic rings. The predicted octanol–water partition coefficient (Wildman–Crippen LogP) is 3.12. The first-order valence-electron chi connectivity index (χ1n) is 6.14. The number of carboxylic acid groups (broad SMARTS) is 1. The van der Waals surface area contributed by atoms with Crippen molar-refractivity contribution in [2.45, 2.75) is 0 Å². The number of anilines is 1. The summed E-state index contributed by atoms with van der Waals surface area (Å²) in [4.78, 5) is 31.8. The van der Waals surface area contributed by atoms with Crippen LogP contribution in [0, 0.1) is 0 Å². The van der Waals surface area contributed by atoms with E-state index in [0.29, 0.717) is 16.1 Å². The van der Waals surface area contributed by atoms with Crippen LogP contribution in [-0.4, -0.2) is 27.0 Å². The van der Waals surface area contributed by atoms with Gasteiger partial charge >= 0.3 is 6.09 Å². The molecule has 0 spiro atoms. The number of hydrogen-bond acceptors (Lipinski definition) is 6. The highest BCUT2D eigenvalue weighted by Crippen LogP contribution is 2.32. The molecule has 3 aromatic heterocycles. The molecule has 1 amide bonds. The van der Waals surface area contributed by atoms with Gasteiger partial charge in [-0.25, -0.2) is 9.78 Å². The smallest absolute Gasteiger partial charge is 0.410 e. The lowest BCUT2D eigenvalue weighted by Gasteiger charge is -1.98. The Hall–Kier alpha value is -3.00. The van der Waals surface area contributed by atoms with Crippen LogP contribution in [0.15, 0.2) is 47.4 Å². The number of carbonyl (C=O) groups is 2. The lowest BCUT2D eigenvalue weighted by Crippen LogP contribution is -2.06. The minimum atomic E-state index is -1.25. The van der Waals surface area contributed by atoms with Gasteiger partial charge < -0.3 is 9.52 Å². The van der Waals surface area contributed by atoms with Crippen molar-refractivity contribution in [2.24, 2.45) is 0 Å². The monoisotopic (exact) mass is 315 g/mol. The number of nitrogens with one attached hydrogen (secondary N) is 1. The molecule has 0 bridgehead atoms. The molecule has 0 aliphatic carbocycles. The van der Waals surface area contributed by atoms with E-state index in [1.165, 1.54) is 18.7 Å². The summed E-state index contributed by atoms with van der Waals surface area (Å²) < 4.78 is 5.00. The molecular formula is C14H9N3O4S. The summed E-state index contributed by atoms with van der Waals surface area (Å²) in [6.45, 7) is 0. The molecule has 22 heavy (non-hydrogen) atoms. The van der Waals surface area contributed by atoms with Gasteiger partial charge in [0.05, 0.1) is 18.2 Å². The van der Waals surface area contributed by atoms with Crippen LogP contribution in [0.1, 0.15) is 15.4 Å². The molecule has 0 aromatic carbocycles. The zero-order chi connectivity index (χ0) is 15.5. The number of thiazole rings is 1. The van der Waals surface area contributed by atoms with E-state index >= 15 is 0 Å². The summed E-state index contributed by atoms with van der Waals surface area (Å²) >= 11 is 0.955. The number of pyridine rings is 1. The van der Waals surface area contributed by atoms with E-state index in [1.54, 1.807) is 24.3 Å². The lowest BCUT2D eigenvalue weighted by atomic mass is 10.1. The molecule has 0 aliphatic heterocycles. The van der Waals surface area contributed by atoms with E-state index in [-0.39, 0.29) is 16.6 Å². The second-order valence-electron chi connectivity index (χ2n) is 4.18. The Balaban J connectivity index is 2.07.